The lowest BCUT2D eigenvalue weighted by molar-refractivity contribution is -0.302. The molecule has 5 fully saturated rings. The summed E-state index contributed by atoms with van der Waals surface area (Å²) in [5.41, 5.74) is 6.05. The van der Waals surface area contributed by atoms with E-state index < -0.39 is 146 Å². The molecule has 0 bridgehead atoms. The standard InChI is InChI=1S/C100H118N8O31/c1-11-31-130-97(121)106-49-64-46-99(26-27-99)47-72(64)85(114)70-42-79(123-8)81(44-76(70)106)131-50-61-17-16-18-62(40-61)51-132-82-45-77-71(43-80(82)124-9)92(117)107-55-100(28-29-100)48-78(107)93(118)108(77)98(122)135-52-63-23-24-65(103-90(115)75(105-91(116)84(56(2)3)102-57(4)109)54-133-95-89(138-60(7)112)87(137-59(6)111)86(136-58(5)110)88(139-95)94(119)125-10)41-74(63)104-83(113)25-32-126-34-36-128-38-39-129-37-35-127-33-30-101-96(120)134-53-73-68-21-14-12-19-66(68)67-20-13-15-22-69(67)73/h11-24,40-45,56,64,72-73,75,78,84,86-89,93,95,118H,1,25-39,46-55H2,2-10H3,(H,101,120)(H,102,109)(H,103,115)(H,104,113)(H,105,116)/t64-,72?,75-,78-,84-,86-,87-,88-,89+,93-,95+/m0/s1. The lowest BCUT2D eigenvalue weighted by Gasteiger charge is -2.43. The Labute approximate surface area is 802 Å². The minimum atomic E-state index is -1.97. The van der Waals surface area contributed by atoms with Gasteiger partial charge in [0, 0.05) is 93.8 Å². The number of alkyl carbamates (subject to hydrolysis) is 1. The Morgan fingerprint density at radius 2 is 1.19 bits per heavy atom. The van der Waals surface area contributed by atoms with Crippen molar-refractivity contribution >= 4 is 100 Å². The van der Waals surface area contributed by atoms with Crippen LogP contribution in [0, 0.1) is 28.6 Å². The van der Waals surface area contributed by atoms with Gasteiger partial charge in [-0.1, -0.05) is 99.3 Å². The molecule has 11 atom stereocenters. The number of aliphatic hydroxyl groups is 1. The summed E-state index contributed by atoms with van der Waals surface area (Å²) in [7, 11) is 3.83. The third kappa shape index (κ3) is 24.9. The predicted octanol–water partition coefficient (Wildman–Crippen LogP) is 9.69. The monoisotopic (exact) mass is 1930 g/mol. The van der Waals surface area contributed by atoms with Crippen LogP contribution in [-0.4, -0.2) is 256 Å². The van der Waals surface area contributed by atoms with Gasteiger partial charge in [-0.15, -0.1) is 0 Å². The molecule has 39 heteroatoms. The summed E-state index contributed by atoms with van der Waals surface area (Å²) in [4.78, 5) is 183. The Kier molecular flexibility index (Phi) is 33.6. The van der Waals surface area contributed by atoms with Crippen LogP contribution in [0.15, 0.2) is 128 Å². The maximum absolute atomic E-state index is 15.4. The smallest absolute Gasteiger partial charge is 0.416 e. The Morgan fingerprint density at radius 1 is 0.590 bits per heavy atom. The van der Waals surface area contributed by atoms with Gasteiger partial charge in [0.1, 0.15) is 45.1 Å². The number of ketones is 1. The molecule has 0 aromatic heterocycles. The number of amides is 8. The molecule has 744 valence electrons. The van der Waals surface area contributed by atoms with Crippen molar-refractivity contribution in [2.24, 2.45) is 28.6 Å². The number of carbonyl (C=O) groups is 13. The Morgan fingerprint density at radius 3 is 1.80 bits per heavy atom. The maximum Gasteiger partial charge on any atom is 0.416 e. The molecule has 8 amide bonds. The highest BCUT2D eigenvalue weighted by atomic mass is 16.7. The second-order valence-electron chi connectivity index (χ2n) is 35.9. The molecule has 39 nitrogen and oxygen atoms in total. The van der Waals surface area contributed by atoms with Crippen LogP contribution in [0.25, 0.3) is 11.1 Å². The van der Waals surface area contributed by atoms with Crippen molar-refractivity contribution in [1.82, 2.24) is 20.9 Å². The second-order valence-corrected chi connectivity index (χ2v) is 35.9. The van der Waals surface area contributed by atoms with Gasteiger partial charge in [-0.05, 0) is 131 Å². The summed E-state index contributed by atoms with van der Waals surface area (Å²) < 4.78 is 98.4. The van der Waals surface area contributed by atoms with Crippen LogP contribution in [0.1, 0.15) is 147 Å². The highest BCUT2D eigenvalue weighted by Crippen LogP contribution is 2.63. The van der Waals surface area contributed by atoms with Gasteiger partial charge in [-0.25, -0.2) is 24.1 Å². The van der Waals surface area contributed by atoms with Gasteiger partial charge in [0.15, 0.2) is 65.7 Å². The van der Waals surface area contributed by atoms with Gasteiger partial charge < -0.3 is 117 Å². The van der Waals surface area contributed by atoms with Crippen LogP contribution in [0.5, 0.6) is 23.0 Å². The van der Waals surface area contributed by atoms with Gasteiger partial charge in [0.25, 0.3) is 5.91 Å². The predicted molar refractivity (Wildman–Crippen MR) is 494 cm³/mol. The molecule has 2 saturated heterocycles. The second kappa shape index (κ2) is 46.0. The largest absolute Gasteiger partial charge is 0.493 e. The summed E-state index contributed by atoms with van der Waals surface area (Å²) in [6.45, 7) is 11.4. The minimum Gasteiger partial charge on any atom is -0.493 e. The molecule has 2 spiro atoms. The van der Waals surface area contributed by atoms with E-state index in [-0.39, 0.29) is 191 Å². The Hall–Kier alpha value is -13.3. The van der Waals surface area contributed by atoms with Gasteiger partial charge in [-0.3, -0.25) is 48.1 Å². The molecule has 6 aromatic rings. The highest BCUT2D eigenvalue weighted by Gasteiger charge is 2.60. The number of methoxy groups -OCH3 is 3. The van der Waals surface area contributed by atoms with Gasteiger partial charge in [0.2, 0.25) is 23.6 Å². The number of hydrogen-bond donors (Lipinski definition) is 6. The topological polar surface area (TPSA) is 469 Å². The van der Waals surface area contributed by atoms with Crippen LogP contribution in [0.4, 0.5) is 37.1 Å². The first kappa shape index (κ1) is 102. The first-order valence-corrected chi connectivity index (χ1v) is 46.3. The molecule has 3 saturated carbocycles. The highest BCUT2D eigenvalue weighted by molar-refractivity contribution is 6.09. The Bertz CT molecular complexity index is 5520. The van der Waals surface area contributed by atoms with E-state index in [9.17, 15) is 53.1 Å². The van der Waals surface area contributed by atoms with Crippen LogP contribution < -0.4 is 55.3 Å². The lowest BCUT2D eigenvalue weighted by atomic mass is 9.89. The zero-order valence-electron chi connectivity index (χ0n) is 79.0. The fourth-order valence-corrected chi connectivity index (χ4v) is 18.7. The fourth-order valence-electron chi connectivity index (χ4n) is 18.7. The van der Waals surface area contributed by atoms with Crippen molar-refractivity contribution in [1.29, 1.82) is 0 Å². The van der Waals surface area contributed by atoms with E-state index >= 15 is 14.4 Å². The number of hydrogen-bond acceptors (Lipinski definition) is 31. The van der Waals surface area contributed by atoms with Crippen LogP contribution in [0.3, 0.4) is 0 Å². The number of carbonyl (C=O) groups excluding carboxylic acids is 13. The first-order valence-electron chi connectivity index (χ1n) is 46.3. The third-order valence-electron chi connectivity index (χ3n) is 25.8. The lowest BCUT2D eigenvalue weighted by Crippen LogP contribution is -2.64. The number of nitrogens with zero attached hydrogens (tertiary/aromatic N) is 3. The average molecular weight is 1930 g/mol. The number of anilines is 4. The van der Waals surface area contributed by atoms with E-state index in [1.807, 2.05) is 48.5 Å². The summed E-state index contributed by atoms with van der Waals surface area (Å²) in [6.07, 6.45) is -6.66. The molecule has 8 aliphatic rings. The Balaban J connectivity index is 0.660. The number of aliphatic hydroxyl groups excluding tert-OH is 1. The maximum atomic E-state index is 15.4. The summed E-state index contributed by atoms with van der Waals surface area (Å²) in [6, 6.07) is 29.5. The normalized spacial score (nSPS) is 20.7. The molecule has 139 heavy (non-hydrogen) atoms. The average Bonchev–Trinajstić information content (AvgIpc) is 1.59. The fraction of sp³-hybridized carbons (Fsp3) is 0.490. The molecular formula is C100H118N8O31. The van der Waals surface area contributed by atoms with Crippen molar-refractivity contribution in [3.8, 4) is 34.1 Å². The molecule has 6 aromatic carbocycles. The van der Waals surface area contributed by atoms with Crippen molar-refractivity contribution < 1.29 is 148 Å². The number of rotatable bonds is 43. The van der Waals surface area contributed by atoms with E-state index in [0.29, 0.717) is 28.8 Å². The number of Topliss-reactive ketones (excluding diaryl/α,β-unsaturated/α-hetero) is 1. The molecule has 4 aliphatic heterocycles. The molecular weight excluding hydrogens is 1810 g/mol. The van der Waals surface area contributed by atoms with Gasteiger partial charge in [-0.2, -0.15) is 0 Å². The van der Waals surface area contributed by atoms with Crippen molar-refractivity contribution in [2.45, 2.75) is 174 Å². The quantitative estimate of drug-likeness (QED) is 0.00897. The van der Waals surface area contributed by atoms with Crippen LogP contribution >= 0.6 is 0 Å². The number of ether oxygens (including phenoxy) is 17. The van der Waals surface area contributed by atoms with Gasteiger partial charge >= 0.3 is 42.2 Å². The van der Waals surface area contributed by atoms with Crippen LogP contribution in [-0.2, 0) is 120 Å². The number of fused-ring (bicyclic) bond motifs is 7. The van der Waals surface area contributed by atoms with Crippen molar-refractivity contribution in [3.63, 3.8) is 0 Å². The molecule has 4 aliphatic carbocycles. The summed E-state index contributed by atoms with van der Waals surface area (Å²) >= 11 is 0. The number of nitrogens with one attached hydrogen (secondary N) is 5. The molecule has 4 heterocycles. The molecule has 14 rings (SSSR count). The number of esters is 4. The zero-order valence-corrected chi connectivity index (χ0v) is 79.0. The van der Waals surface area contributed by atoms with Gasteiger partial charge in [0.05, 0.1) is 110 Å². The van der Waals surface area contributed by atoms with E-state index in [1.165, 1.54) is 62.5 Å². The van der Waals surface area contributed by atoms with E-state index in [2.05, 4.69) is 45.3 Å². The van der Waals surface area contributed by atoms with E-state index in [1.54, 1.807) is 43.0 Å². The first-order chi connectivity index (χ1) is 66.9. The SMILES string of the molecule is C=CCOC(=O)N1C[C@@H]2CC3(CC3)CC2C(=O)c2cc(OC)c(OCc3cccc(COc4cc5c(cc4OC)C(=O)N4CC6(CC6)C[C@H]4[C@H](O)N5C(=O)OCc4ccc(NC(=O)[C@H](CO[C@@H]5O[C@H](C(=O)OC)[C@@H](OC(C)=O)[C@H](OC(C)=O)[C@H]5OC(C)=O)NC(=O)[C@@H](NC(C)=O)C(C)C)cc4NC(=O)CCOCCOCCOCCOCCNC(=O)OCC4c5ccccc5-c5ccccc54)c3)cc21. The zero-order chi connectivity index (χ0) is 98.9. The third-order valence-corrected chi connectivity index (χ3v) is 25.8. The summed E-state index contributed by atoms with van der Waals surface area (Å²) in [5.74, 6) is -8.26. The van der Waals surface area contributed by atoms with Crippen molar-refractivity contribution in [3.05, 3.63) is 167 Å². The molecule has 0 radical (unpaired) electrons. The van der Waals surface area contributed by atoms with Crippen LogP contribution in [0.2, 0.25) is 0 Å². The molecule has 1 unspecified atom stereocenters. The molecule has 6 N–H and O–H groups in total. The number of benzene rings is 6. The van der Waals surface area contributed by atoms with E-state index in [4.69, 9.17) is 80.5 Å². The van der Waals surface area contributed by atoms with Crippen molar-refractivity contribution in [2.75, 3.05) is 134 Å². The van der Waals surface area contributed by atoms with E-state index in [0.717, 1.165) is 93.6 Å². The summed E-state index contributed by atoms with van der Waals surface area (Å²) in [5, 5.41) is 26.1. The minimum absolute atomic E-state index is 0.0175.